The van der Waals surface area contributed by atoms with E-state index in [2.05, 4.69) is 26.0 Å². The van der Waals surface area contributed by atoms with Crippen molar-refractivity contribution in [2.75, 3.05) is 0 Å². The van der Waals surface area contributed by atoms with E-state index in [0.29, 0.717) is 0 Å². The fraction of sp³-hybridized carbons (Fsp3) is 0.800. The summed E-state index contributed by atoms with van der Waals surface area (Å²) in [5.74, 6) is 1.03. The van der Waals surface area contributed by atoms with Crippen LogP contribution in [0.3, 0.4) is 0 Å². The van der Waals surface area contributed by atoms with Crippen LogP contribution in [0.15, 0.2) is 12.2 Å². The van der Waals surface area contributed by atoms with Gasteiger partial charge in [-0.25, -0.2) is 0 Å². The molecule has 0 saturated heterocycles. The van der Waals surface area contributed by atoms with Crippen LogP contribution in [0.2, 0.25) is 18.1 Å². The minimum atomic E-state index is 0.0537. The SMILES string of the molecule is CC[Si](CC)CC1CC=CC1. The van der Waals surface area contributed by atoms with Gasteiger partial charge in [-0.15, -0.1) is 0 Å². The quantitative estimate of drug-likeness (QED) is 0.444. The lowest BCUT2D eigenvalue weighted by Gasteiger charge is -2.14. The molecule has 0 atom stereocenters. The topological polar surface area (TPSA) is 0 Å². The van der Waals surface area contributed by atoms with E-state index >= 15 is 0 Å². The molecule has 0 spiro atoms. The zero-order valence-corrected chi connectivity index (χ0v) is 8.77. The molecule has 11 heavy (non-hydrogen) atoms. The molecular weight excluding hydrogens is 148 g/mol. The highest BCUT2D eigenvalue weighted by atomic mass is 28.3. The van der Waals surface area contributed by atoms with Crippen molar-refractivity contribution in [1.82, 2.24) is 0 Å². The van der Waals surface area contributed by atoms with Gasteiger partial charge in [0.1, 0.15) is 0 Å². The van der Waals surface area contributed by atoms with Gasteiger partial charge in [-0.05, 0) is 18.8 Å². The lowest BCUT2D eigenvalue weighted by atomic mass is 10.1. The van der Waals surface area contributed by atoms with Gasteiger partial charge in [-0.1, -0.05) is 44.1 Å². The van der Waals surface area contributed by atoms with Crippen LogP contribution in [-0.2, 0) is 0 Å². The lowest BCUT2D eigenvalue weighted by molar-refractivity contribution is 0.628. The van der Waals surface area contributed by atoms with Crippen molar-refractivity contribution in [1.29, 1.82) is 0 Å². The second kappa shape index (κ2) is 4.76. The van der Waals surface area contributed by atoms with Gasteiger partial charge in [0, 0.05) is 8.80 Å². The molecule has 1 aliphatic carbocycles. The van der Waals surface area contributed by atoms with Gasteiger partial charge in [-0.2, -0.15) is 0 Å². The van der Waals surface area contributed by atoms with Crippen molar-refractivity contribution in [2.24, 2.45) is 5.92 Å². The van der Waals surface area contributed by atoms with Crippen LogP contribution < -0.4 is 0 Å². The van der Waals surface area contributed by atoms with E-state index < -0.39 is 0 Å². The maximum absolute atomic E-state index is 2.36. The third-order valence-corrected chi connectivity index (χ3v) is 5.84. The average molecular weight is 167 g/mol. The molecule has 0 fully saturated rings. The zero-order valence-electron chi connectivity index (χ0n) is 7.77. The molecule has 1 radical (unpaired) electrons. The summed E-state index contributed by atoms with van der Waals surface area (Å²) >= 11 is 0. The van der Waals surface area contributed by atoms with Crippen LogP contribution in [0.25, 0.3) is 0 Å². The summed E-state index contributed by atoms with van der Waals surface area (Å²) in [5.41, 5.74) is 0. The van der Waals surface area contributed by atoms with Crippen LogP contribution in [0.1, 0.15) is 26.7 Å². The molecule has 0 N–H and O–H groups in total. The van der Waals surface area contributed by atoms with Gasteiger partial charge < -0.3 is 0 Å². The highest BCUT2D eigenvalue weighted by Gasteiger charge is 2.15. The Balaban J connectivity index is 2.17. The number of allylic oxidation sites excluding steroid dienone is 2. The molecule has 1 aliphatic rings. The fourth-order valence-electron chi connectivity index (χ4n) is 1.79. The van der Waals surface area contributed by atoms with Crippen molar-refractivity contribution in [3.05, 3.63) is 12.2 Å². The first-order chi connectivity index (χ1) is 5.36. The summed E-state index contributed by atoms with van der Waals surface area (Å²) in [6, 6.07) is 4.50. The van der Waals surface area contributed by atoms with Gasteiger partial charge in [0.05, 0.1) is 0 Å². The Morgan fingerprint density at radius 3 is 2.18 bits per heavy atom. The predicted molar refractivity (Wildman–Crippen MR) is 53.4 cm³/mol. The number of rotatable bonds is 4. The van der Waals surface area contributed by atoms with Crippen LogP contribution >= 0.6 is 0 Å². The van der Waals surface area contributed by atoms with Gasteiger partial charge >= 0.3 is 0 Å². The summed E-state index contributed by atoms with van der Waals surface area (Å²) in [4.78, 5) is 0. The molecule has 0 aromatic rings. The molecule has 0 aromatic heterocycles. The van der Waals surface area contributed by atoms with E-state index in [-0.39, 0.29) is 8.80 Å². The second-order valence-electron chi connectivity index (χ2n) is 3.47. The molecule has 0 aliphatic heterocycles. The Kier molecular flexibility index (Phi) is 3.91. The van der Waals surface area contributed by atoms with Gasteiger partial charge in [0.25, 0.3) is 0 Å². The van der Waals surface area contributed by atoms with Crippen molar-refractivity contribution in [2.45, 2.75) is 44.8 Å². The van der Waals surface area contributed by atoms with Crippen LogP contribution in [-0.4, -0.2) is 8.80 Å². The maximum atomic E-state index is 2.36. The molecule has 1 rings (SSSR count). The Hall–Kier alpha value is -0.0431. The van der Waals surface area contributed by atoms with Crippen molar-refractivity contribution in [3.63, 3.8) is 0 Å². The average Bonchev–Trinajstić information content (AvgIpc) is 2.52. The molecule has 0 aromatic carbocycles. The van der Waals surface area contributed by atoms with Crippen molar-refractivity contribution >= 4 is 8.80 Å². The third kappa shape index (κ3) is 2.82. The predicted octanol–water partition coefficient (Wildman–Crippen LogP) is 3.49. The monoisotopic (exact) mass is 167 g/mol. The minimum absolute atomic E-state index is 0.0537. The molecular formula is C10H19Si. The van der Waals surface area contributed by atoms with Gasteiger partial charge in [0.15, 0.2) is 0 Å². The van der Waals surface area contributed by atoms with Crippen molar-refractivity contribution < 1.29 is 0 Å². The van der Waals surface area contributed by atoms with E-state index in [4.69, 9.17) is 0 Å². The first kappa shape index (κ1) is 9.05. The van der Waals surface area contributed by atoms with Crippen LogP contribution in [0.4, 0.5) is 0 Å². The Morgan fingerprint density at radius 2 is 1.73 bits per heavy atom. The summed E-state index contributed by atoms with van der Waals surface area (Å²) in [6.45, 7) is 4.72. The standard InChI is InChI=1S/C10H19Si/c1-3-11(4-2)9-10-7-5-6-8-10/h5-6,10H,3-4,7-9H2,1-2H3. The Morgan fingerprint density at radius 1 is 1.18 bits per heavy atom. The number of hydrogen-bond donors (Lipinski definition) is 0. The van der Waals surface area contributed by atoms with Crippen LogP contribution in [0, 0.1) is 5.92 Å². The zero-order chi connectivity index (χ0) is 8.10. The summed E-state index contributed by atoms with van der Waals surface area (Å²) in [7, 11) is 0.0537. The third-order valence-electron chi connectivity index (χ3n) is 2.68. The minimum Gasteiger partial charge on any atom is -0.0883 e. The molecule has 0 amide bonds. The second-order valence-corrected chi connectivity index (χ2v) is 6.79. The maximum Gasteiger partial charge on any atom is 0.0476 e. The van der Waals surface area contributed by atoms with E-state index in [1.807, 2.05) is 0 Å². The van der Waals surface area contributed by atoms with Gasteiger partial charge in [0.2, 0.25) is 0 Å². The van der Waals surface area contributed by atoms with Crippen molar-refractivity contribution in [3.8, 4) is 0 Å². The van der Waals surface area contributed by atoms with Gasteiger partial charge in [-0.3, -0.25) is 0 Å². The summed E-state index contributed by atoms with van der Waals surface area (Å²) in [6.07, 6.45) is 7.45. The Labute approximate surface area is 72.3 Å². The first-order valence-electron chi connectivity index (χ1n) is 4.85. The molecule has 63 valence electrons. The van der Waals surface area contributed by atoms with E-state index in [1.54, 1.807) is 6.04 Å². The smallest absolute Gasteiger partial charge is 0.0476 e. The highest BCUT2D eigenvalue weighted by molar-refractivity contribution is 6.58. The largest absolute Gasteiger partial charge is 0.0883 e. The lowest BCUT2D eigenvalue weighted by Crippen LogP contribution is -2.13. The van der Waals surface area contributed by atoms with E-state index in [9.17, 15) is 0 Å². The van der Waals surface area contributed by atoms with Crippen LogP contribution in [0.5, 0.6) is 0 Å². The molecule has 1 heteroatoms. The molecule has 0 heterocycles. The molecule has 0 bridgehead atoms. The normalized spacial score (nSPS) is 18.5. The summed E-state index contributed by atoms with van der Waals surface area (Å²) < 4.78 is 0. The highest BCUT2D eigenvalue weighted by Crippen LogP contribution is 2.25. The molecule has 0 saturated carbocycles. The molecule has 0 unspecified atom stereocenters. The number of hydrogen-bond acceptors (Lipinski definition) is 0. The van der Waals surface area contributed by atoms with E-state index in [0.717, 1.165) is 5.92 Å². The Bertz CT molecular complexity index is 117. The summed E-state index contributed by atoms with van der Waals surface area (Å²) in [5, 5.41) is 0. The fourth-order valence-corrected chi connectivity index (χ4v) is 4.01. The first-order valence-corrected chi connectivity index (χ1v) is 6.97. The van der Waals surface area contributed by atoms with E-state index in [1.165, 1.54) is 24.9 Å². The molecule has 0 nitrogen and oxygen atoms in total.